The summed E-state index contributed by atoms with van der Waals surface area (Å²) in [5.41, 5.74) is 2.48. The van der Waals surface area contributed by atoms with Crippen molar-refractivity contribution in [2.24, 2.45) is 0 Å². The summed E-state index contributed by atoms with van der Waals surface area (Å²) < 4.78 is 10.9. The monoisotopic (exact) mass is 264 g/mol. The van der Waals surface area contributed by atoms with Crippen LogP contribution in [-0.4, -0.2) is 32.0 Å². The second-order valence-corrected chi connectivity index (χ2v) is 6.41. The summed E-state index contributed by atoms with van der Waals surface area (Å²) in [5, 5.41) is 9.28. The first kappa shape index (κ1) is 14.4. The molecule has 106 valence electrons. The van der Waals surface area contributed by atoms with Crippen molar-refractivity contribution < 1.29 is 14.6 Å². The zero-order valence-electron chi connectivity index (χ0n) is 12.3. The van der Waals surface area contributed by atoms with Crippen LogP contribution in [0.1, 0.15) is 38.3 Å². The molecule has 1 aliphatic heterocycles. The molecule has 0 amide bonds. The van der Waals surface area contributed by atoms with E-state index in [4.69, 9.17) is 9.47 Å². The molecular weight excluding hydrogens is 240 g/mol. The highest BCUT2D eigenvalue weighted by molar-refractivity contribution is 5.44. The van der Waals surface area contributed by atoms with Gasteiger partial charge in [-0.15, -0.1) is 0 Å². The number of aliphatic hydroxyl groups is 1. The Balaban J connectivity index is 2.43. The second kappa shape index (κ2) is 5.14. The Morgan fingerprint density at radius 3 is 2.42 bits per heavy atom. The van der Waals surface area contributed by atoms with Gasteiger partial charge in [0.25, 0.3) is 0 Å². The lowest BCUT2D eigenvalue weighted by Crippen LogP contribution is -2.47. The molecule has 19 heavy (non-hydrogen) atoms. The van der Waals surface area contributed by atoms with E-state index in [1.54, 1.807) is 7.11 Å². The topological polar surface area (TPSA) is 38.7 Å². The number of methoxy groups -OCH3 is 1. The third-order valence-electron chi connectivity index (χ3n) is 3.97. The van der Waals surface area contributed by atoms with E-state index in [0.717, 1.165) is 12.2 Å². The molecule has 0 atom stereocenters. The average Bonchev–Trinajstić information content (AvgIpc) is 2.32. The van der Waals surface area contributed by atoms with Crippen molar-refractivity contribution >= 4 is 0 Å². The Morgan fingerprint density at radius 1 is 1.32 bits per heavy atom. The molecule has 1 saturated heterocycles. The maximum atomic E-state index is 9.28. The van der Waals surface area contributed by atoms with E-state index in [2.05, 4.69) is 32.9 Å². The van der Waals surface area contributed by atoms with Crippen LogP contribution in [0.25, 0.3) is 0 Å². The fourth-order valence-electron chi connectivity index (χ4n) is 2.64. The minimum absolute atomic E-state index is 0.0129. The van der Waals surface area contributed by atoms with Gasteiger partial charge in [0.15, 0.2) is 0 Å². The van der Waals surface area contributed by atoms with Gasteiger partial charge < -0.3 is 14.6 Å². The first-order valence-corrected chi connectivity index (χ1v) is 6.80. The molecule has 0 spiro atoms. The molecule has 1 N–H and O–H groups in total. The van der Waals surface area contributed by atoms with Gasteiger partial charge in [0, 0.05) is 12.0 Å². The van der Waals surface area contributed by atoms with Crippen LogP contribution in [-0.2, 0) is 15.6 Å². The molecule has 1 aromatic carbocycles. The summed E-state index contributed by atoms with van der Waals surface area (Å²) in [4.78, 5) is 0. The highest BCUT2D eigenvalue weighted by Gasteiger charge is 2.40. The van der Waals surface area contributed by atoms with Crippen molar-refractivity contribution in [3.05, 3.63) is 29.3 Å². The Labute approximate surface area is 115 Å². The zero-order valence-corrected chi connectivity index (χ0v) is 12.3. The molecule has 3 heteroatoms. The molecule has 0 aliphatic carbocycles. The van der Waals surface area contributed by atoms with E-state index in [1.165, 1.54) is 11.1 Å². The summed E-state index contributed by atoms with van der Waals surface area (Å²) in [6.45, 7) is 8.15. The van der Waals surface area contributed by atoms with E-state index in [9.17, 15) is 5.11 Å². The van der Waals surface area contributed by atoms with Crippen molar-refractivity contribution in [1.29, 1.82) is 0 Å². The van der Waals surface area contributed by atoms with Crippen LogP contribution in [0.4, 0.5) is 0 Å². The van der Waals surface area contributed by atoms with Gasteiger partial charge in [0.2, 0.25) is 0 Å². The number of ether oxygens (including phenoxy) is 2. The molecule has 1 heterocycles. The number of rotatable bonds is 4. The van der Waals surface area contributed by atoms with Gasteiger partial charge in [-0.2, -0.15) is 0 Å². The van der Waals surface area contributed by atoms with Crippen molar-refractivity contribution in [3.8, 4) is 5.75 Å². The lowest BCUT2D eigenvalue weighted by molar-refractivity contribution is -0.0701. The smallest absolute Gasteiger partial charge is 0.122 e. The standard InChI is InChI=1S/C16H24O3/c1-15(2,3)13-9-12(5-6-14(13)18-4)16(7-8-17)10-19-11-16/h5-6,9,17H,7-8,10-11H2,1-4H3. The van der Waals surface area contributed by atoms with Crippen molar-refractivity contribution in [2.45, 2.75) is 38.0 Å². The summed E-state index contributed by atoms with van der Waals surface area (Å²) >= 11 is 0. The number of benzene rings is 1. The molecule has 1 aromatic rings. The first-order valence-electron chi connectivity index (χ1n) is 6.80. The van der Waals surface area contributed by atoms with E-state index in [1.807, 2.05) is 6.07 Å². The third kappa shape index (κ3) is 2.63. The van der Waals surface area contributed by atoms with E-state index in [0.29, 0.717) is 13.2 Å². The van der Waals surface area contributed by atoms with E-state index in [-0.39, 0.29) is 17.4 Å². The minimum atomic E-state index is -0.0129. The van der Waals surface area contributed by atoms with E-state index >= 15 is 0 Å². The quantitative estimate of drug-likeness (QED) is 0.908. The molecule has 0 bridgehead atoms. The number of hydrogen-bond acceptors (Lipinski definition) is 3. The van der Waals surface area contributed by atoms with Crippen LogP contribution in [0.5, 0.6) is 5.75 Å². The van der Waals surface area contributed by atoms with Gasteiger partial charge in [-0.1, -0.05) is 32.9 Å². The van der Waals surface area contributed by atoms with Gasteiger partial charge >= 0.3 is 0 Å². The molecule has 0 saturated carbocycles. The average molecular weight is 264 g/mol. The van der Waals surface area contributed by atoms with Gasteiger partial charge in [0.05, 0.1) is 20.3 Å². The molecule has 0 unspecified atom stereocenters. The highest BCUT2D eigenvalue weighted by atomic mass is 16.5. The van der Waals surface area contributed by atoms with Gasteiger partial charge in [-0.25, -0.2) is 0 Å². The predicted octanol–water partition coefficient (Wildman–Crippen LogP) is 2.64. The maximum Gasteiger partial charge on any atom is 0.122 e. The summed E-state index contributed by atoms with van der Waals surface area (Å²) in [7, 11) is 1.71. The minimum Gasteiger partial charge on any atom is -0.496 e. The van der Waals surface area contributed by atoms with Gasteiger partial charge in [-0.3, -0.25) is 0 Å². The predicted molar refractivity (Wildman–Crippen MR) is 75.9 cm³/mol. The van der Waals surface area contributed by atoms with Gasteiger partial charge in [-0.05, 0) is 29.0 Å². The molecule has 0 aromatic heterocycles. The Kier molecular flexibility index (Phi) is 3.88. The summed E-state index contributed by atoms with van der Waals surface area (Å²) in [6, 6.07) is 6.36. The number of hydrogen-bond donors (Lipinski definition) is 1. The highest BCUT2D eigenvalue weighted by Crippen LogP contribution is 2.40. The molecule has 0 radical (unpaired) electrons. The molecule has 3 nitrogen and oxygen atoms in total. The molecule has 1 fully saturated rings. The second-order valence-electron chi connectivity index (χ2n) is 6.41. The lowest BCUT2D eigenvalue weighted by Gasteiger charge is -2.42. The third-order valence-corrected chi connectivity index (χ3v) is 3.97. The first-order chi connectivity index (χ1) is 8.93. The maximum absolute atomic E-state index is 9.28. The van der Waals surface area contributed by atoms with Crippen molar-refractivity contribution in [3.63, 3.8) is 0 Å². The molecule has 2 rings (SSSR count). The summed E-state index contributed by atoms with van der Waals surface area (Å²) in [5.74, 6) is 0.927. The summed E-state index contributed by atoms with van der Waals surface area (Å²) in [6.07, 6.45) is 0.753. The Bertz CT molecular complexity index is 442. The van der Waals surface area contributed by atoms with Crippen molar-refractivity contribution in [2.75, 3.05) is 26.9 Å². The van der Waals surface area contributed by atoms with Crippen molar-refractivity contribution in [1.82, 2.24) is 0 Å². The lowest BCUT2D eigenvalue weighted by atomic mass is 9.74. The zero-order chi connectivity index (χ0) is 14.1. The largest absolute Gasteiger partial charge is 0.496 e. The van der Waals surface area contributed by atoms with Crippen LogP contribution >= 0.6 is 0 Å². The molecule has 1 aliphatic rings. The van der Waals surface area contributed by atoms with E-state index < -0.39 is 0 Å². The molecular formula is C16H24O3. The fourth-order valence-corrected chi connectivity index (χ4v) is 2.64. The van der Waals surface area contributed by atoms with Crippen LogP contribution < -0.4 is 4.74 Å². The van der Waals surface area contributed by atoms with Crippen LogP contribution in [0.3, 0.4) is 0 Å². The Hall–Kier alpha value is -1.06. The Morgan fingerprint density at radius 2 is 2.00 bits per heavy atom. The van der Waals surface area contributed by atoms with Crippen LogP contribution in [0, 0.1) is 0 Å². The fraction of sp³-hybridized carbons (Fsp3) is 0.625. The number of aliphatic hydroxyl groups excluding tert-OH is 1. The van der Waals surface area contributed by atoms with Gasteiger partial charge in [0.1, 0.15) is 5.75 Å². The van der Waals surface area contributed by atoms with Crippen LogP contribution in [0.2, 0.25) is 0 Å². The van der Waals surface area contributed by atoms with Crippen LogP contribution in [0.15, 0.2) is 18.2 Å². The normalized spacial score (nSPS) is 17.9. The SMILES string of the molecule is COc1ccc(C2(CCO)COC2)cc1C(C)(C)C.